The molecular formula is C12H26Cl2NSiTi. The van der Waals surface area contributed by atoms with Crippen LogP contribution in [0.15, 0.2) is 17.2 Å². The zero-order valence-corrected chi connectivity index (χ0v) is 17.0. The predicted octanol–water partition coefficient (Wildman–Crippen LogP) is 3.97. The van der Waals surface area contributed by atoms with Gasteiger partial charge in [-0.05, 0) is 11.0 Å². The Balaban J connectivity index is -0.0000000489. The molecule has 101 valence electrons. The van der Waals surface area contributed by atoms with Crippen LogP contribution in [-0.4, -0.2) is 16.5 Å². The maximum absolute atomic E-state index is 6.94. The minimum Gasteiger partial charge on any atom is -0.673 e. The van der Waals surface area contributed by atoms with E-state index < -0.39 is 0 Å². The SMILES string of the molecule is CC(C)(C)[NH-].CCC1=C(C)C[C-]=C1.Cl.Cl.[SiH3].[Ti+2]. The summed E-state index contributed by atoms with van der Waals surface area (Å²) in [5.41, 5.74) is 9.66. The number of halogens is 2. The average molecular weight is 331 g/mol. The van der Waals surface area contributed by atoms with Gasteiger partial charge in [0.25, 0.3) is 0 Å². The summed E-state index contributed by atoms with van der Waals surface area (Å²) in [7, 11) is 0. The van der Waals surface area contributed by atoms with Gasteiger partial charge in [0, 0.05) is 0 Å². The number of hydrogen-bond acceptors (Lipinski definition) is 0. The molecule has 0 heterocycles. The molecule has 0 bridgehead atoms. The number of rotatable bonds is 1. The van der Waals surface area contributed by atoms with E-state index in [1.807, 2.05) is 20.8 Å². The fraction of sp³-hybridized carbons (Fsp3) is 0.667. The molecule has 0 fully saturated rings. The third kappa shape index (κ3) is 22.6. The Bertz CT molecular complexity index is 217. The van der Waals surface area contributed by atoms with Gasteiger partial charge in [-0.15, -0.1) is 36.8 Å². The fourth-order valence-corrected chi connectivity index (χ4v) is 0.968. The van der Waals surface area contributed by atoms with Gasteiger partial charge >= 0.3 is 21.7 Å². The second kappa shape index (κ2) is 15.0. The van der Waals surface area contributed by atoms with Crippen LogP contribution in [0.3, 0.4) is 0 Å². The van der Waals surface area contributed by atoms with Crippen molar-refractivity contribution in [2.45, 2.75) is 53.0 Å². The van der Waals surface area contributed by atoms with Gasteiger partial charge in [0.2, 0.25) is 0 Å². The van der Waals surface area contributed by atoms with Gasteiger partial charge < -0.3 is 5.73 Å². The molecule has 0 spiro atoms. The van der Waals surface area contributed by atoms with Gasteiger partial charge in [-0.25, -0.2) is 6.08 Å². The van der Waals surface area contributed by atoms with Crippen LogP contribution < -0.4 is 0 Å². The van der Waals surface area contributed by atoms with Crippen LogP contribution >= 0.6 is 24.8 Å². The third-order valence-corrected chi connectivity index (χ3v) is 1.57. The molecule has 1 radical (unpaired) electrons. The van der Waals surface area contributed by atoms with E-state index in [2.05, 4.69) is 26.0 Å². The van der Waals surface area contributed by atoms with E-state index in [1.54, 1.807) is 0 Å². The van der Waals surface area contributed by atoms with Crippen LogP contribution in [0.1, 0.15) is 47.5 Å². The monoisotopic (exact) mass is 330 g/mol. The van der Waals surface area contributed by atoms with Crippen molar-refractivity contribution in [3.8, 4) is 0 Å². The summed E-state index contributed by atoms with van der Waals surface area (Å²) in [5.74, 6) is 0. The van der Waals surface area contributed by atoms with Crippen molar-refractivity contribution in [2.75, 3.05) is 0 Å². The zero-order valence-electron chi connectivity index (χ0n) is 11.8. The minimum absolute atomic E-state index is 0. The maximum Gasteiger partial charge on any atom is 2.00 e. The Morgan fingerprint density at radius 2 is 1.65 bits per heavy atom. The zero-order chi connectivity index (χ0) is 10.5. The molecule has 0 saturated carbocycles. The first-order valence-electron chi connectivity index (χ1n) is 4.85. The van der Waals surface area contributed by atoms with Crippen molar-refractivity contribution in [1.82, 2.24) is 0 Å². The summed E-state index contributed by atoms with van der Waals surface area (Å²) < 4.78 is 0. The topological polar surface area (TPSA) is 23.8 Å². The average Bonchev–Trinajstić information content (AvgIpc) is 2.31. The van der Waals surface area contributed by atoms with Crippen molar-refractivity contribution in [1.29, 1.82) is 0 Å². The quantitative estimate of drug-likeness (QED) is 0.513. The third-order valence-electron chi connectivity index (χ3n) is 1.57. The van der Waals surface area contributed by atoms with Crippen LogP contribution in [0, 0.1) is 6.08 Å². The maximum atomic E-state index is 6.94. The molecule has 0 aliphatic heterocycles. The van der Waals surface area contributed by atoms with Crippen molar-refractivity contribution >= 4 is 35.8 Å². The normalized spacial score (nSPS) is 12.1. The standard InChI is InChI=1S/C8H11.C4H10N.2ClH.H3Si.Ti/c1-3-8-6-4-5-7(8)2;1-4(2,3)5;;;;/h6H,3,5H2,1-2H3;5H,1-3H3;2*1H;1H3;/q2*-1;;;;+2. The first-order chi connectivity index (χ1) is 5.84. The van der Waals surface area contributed by atoms with Crippen LogP contribution in [0.2, 0.25) is 0 Å². The van der Waals surface area contributed by atoms with Gasteiger partial charge in [0.05, 0.1) is 0 Å². The van der Waals surface area contributed by atoms with Crippen molar-refractivity contribution in [3.05, 3.63) is 29.0 Å². The van der Waals surface area contributed by atoms with Crippen molar-refractivity contribution < 1.29 is 21.7 Å². The van der Waals surface area contributed by atoms with Gasteiger partial charge in [0.15, 0.2) is 0 Å². The second-order valence-corrected chi connectivity index (χ2v) is 4.43. The number of nitrogens with one attached hydrogen (secondary N) is 1. The van der Waals surface area contributed by atoms with E-state index in [0.29, 0.717) is 0 Å². The Morgan fingerprint density at radius 3 is 1.76 bits per heavy atom. The molecule has 0 aromatic rings. The van der Waals surface area contributed by atoms with Gasteiger partial charge in [-0.2, -0.15) is 11.1 Å². The van der Waals surface area contributed by atoms with Crippen LogP contribution in [-0.2, 0) is 21.7 Å². The molecule has 1 nitrogen and oxygen atoms in total. The molecule has 0 aromatic carbocycles. The van der Waals surface area contributed by atoms with E-state index in [-0.39, 0.29) is 63.0 Å². The van der Waals surface area contributed by atoms with Crippen molar-refractivity contribution in [3.63, 3.8) is 0 Å². The first-order valence-corrected chi connectivity index (χ1v) is 4.85. The Morgan fingerprint density at radius 1 is 1.29 bits per heavy atom. The van der Waals surface area contributed by atoms with E-state index in [9.17, 15) is 0 Å². The van der Waals surface area contributed by atoms with Crippen LogP contribution in [0.5, 0.6) is 0 Å². The minimum atomic E-state index is -0.250. The molecule has 5 heteroatoms. The van der Waals surface area contributed by atoms with E-state index in [1.165, 1.54) is 17.6 Å². The summed E-state index contributed by atoms with van der Waals surface area (Å²) in [6.45, 7) is 9.92. The van der Waals surface area contributed by atoms with E-state index >= 15 is 0 Å². The van der Waals surface area contributed by atoms with Gasteiger partial charge in [0.1, 0.15) is 0 Å². The second-order valence-electron chi connectivity index (χ2n) is 4.43. The smallest absolute Gasteiger partial charge is 0.673 e. The van der Waals surface area contributed by atoms with Crippen molar-refractivity contribution in [2.24, 2.45) is 0 Å². The molecule has 0 aromatic heterocycles. The van der Waals surface area contributed by atoms with Crippen LogP contribution in [0.4, 0.5) is 0 Å². The molecule has 0 amide bonds. The summed E-state index contributed by atoms with van der Waals surface area (Å²) in [4.78, 5) is 0. The molecule has 1 N–H and O–H groups in total. The fourth-order valence-electron chi connectivity index (χ4n) is 0.968. The Kier molecular flexibility index (Phi) is 27.2. The number of hydrogen-bond donors (Lipinski definition) is 0. The molecule has 0 unspecified atom stereocenters. The molecule has 1 rings (SSSR count). The Labute approximate surface area is 139 Å². The van der Waals surface area contributed by atoms with E-state index in [4.69, 9.17) is 5.73 Å². The molecule has 17 heavy (non-hydrogen) atoms. The molecular weight excluding hydrogens is 305 g/mol. The summed E-state index contributed by atoms with van der Waals surface area (Å²) in [6.07, 6.45) is 7.50. The number of allylic oxidation sites excluding steroid dienone is 4. The largest absolute Gasteiger partial charge is 2.00 e. The van der Waals surface area contributed by atoms with Gasteiger partial charge in [-0.1, -0.05) is 41.0 Å². The summed E-state index contributed by atoms with van der Waals surface area (Å²) >= 11 is 0. The predicted molar refractivity (Wildman–Crippen MR) is 83.9 cm³/mol. The first kappa shape index (κ1) is 30.8. The summed E-state index contributed by atoms with van der Waals surface area (Å²) in [5, 5.41) is 0. The molecule has 0 atom stereocenters. The van der Waals surface area contributed by atoms with Gasteiger partial charge in [-0.3, -0.25) is 6.08 Å². The summed E-state index contributed by atoms with van der Waals surface area (Å²) in [6, 6.07) is 0. The van der Waals surface area contributed by atoms with E-state index in [0.717, 1.165) is 6.42 Å². The molecule has 1 aliphatic carbocycles. The van der Waals surface area contributed by atoms with Crippen LogP contribution in [0.25, 0.3) is 5.73 Å². The molecule has 0 saturated heterocycles. The Hall–Kier alpha value is 0.951. The molecule has 1 aliphatic rings.